The first-order valence-electron chi connectivity index (χ1n) is 13.6. The lowest BCUT2D eigenvalue weighted by Crippen LogP contribution is -2.70. The van der Waals surface area contributed by atoms with Crippen LogP contribution in [0.4, 0.5) is 8.78 Å². The van der Waals surface area contributed by atoms with Gasteiger partial charge in [-0.15, -0.1) is 0 Å². The molecule has 7 rings (SSSR count). The Morgan fingerprint density at radius 1 is 1.17 bits per heavy atom. The van der Waals surface area contributed by atoms with Crippen LogP contribution in [0.3, 0.4) is 0 Å². The molecule has 7 aliphatic rings. The molecule has 1 heterocycles. The minimum atomic E-state index is -2.20. The Bertz CT molecular complexity index is 1110. The molecule has 8 heteroatoms. The molecule has 0 radical (unpaired) electrons. The average molecular weight is 504 g/mol. The first-order valence-corrected chi connectivity index (χ1v) is 13.6. The number of aliphatic hydroxyl groups is 1. The molecule has 0 aromatic carbocycles. The van der Waals surface area contributed by atoms with Crippen LogP contribution in [0.25, 0.3) is 0 Å². The second kappa shape index (κ2) is 7.06. The van der Waals surface area contributed by atoms with Crippen molar-refractivity contribution in [3.05, 3.63) is 23.8 Å². The van der Waals surface area contributed by atoms with E-state index >= 15 is 8.78 Å². The first-order chi connectivity index (χ1) is 17.0. The Kier molecular flexibility index (Phi) is 4.60. The van der Waals surface area contributed by atoms with Crippen molar-refractivity contribution in [1.82, 2.24) is 5.06 Å². The van der Waals surface area contributed by atoms with Gasteiger partial charge in [0.05, 0.1) is 6.10 Å². The molecule has 3 unspecified atom stereocenters. The van der Waals surface area contributed by atoms with E-state index in [1.165, 1.54) is 31.1 Å². The van der Waals surface area contributed by atoms with Gasteiger partial charge in [-0.25, -0.2) is 13.6 Å². The lowest BCUT2D eigenvalue weighted by Gasteiger charge is -2.63. The monoisotopic (exact) mass is 503 g/mol. The molecule has 6 aliphatic carbocycles. The highest BCUT2D eigenvalue weighted by Crippen LogP contribution is 2.73. The molecule has 1 saturated heterocycles. The molecule has 0 aromatic heterocycles. The van der Waals surface area contributed by atoms with Crippen molar-refractivity contribution in [2.75, 3.05) is 6.54 Å². The maximum atomic E-state index is 17.3. The van der Waals surface area contributed by atoms with Crippen molar-refractivity contribution in [1.29, 1.82) is 0 Å². The smallest absolute Gasteiger partial charge is 0.339 e. The molecule has 0 amide bonds. The summed E-state index contributed by atoms with van der Waals surface area (Å²) >= 11 is 0. The number of carboxylic acid groups (broad SMARTS) is 1. The van der Waals surface area contributed by atoms with Crippen LogP contribution >= 0.6 is 0 Å². The van der Waals surface area contributed by atoms with Gasteiger partial charge in [0.1, 0.15) is 6.17 Å². The Morgan fingerprint density at radius 3 is 2.61 bits per heavy atom. The third-order valence-corrected chi connectivity index (χ3v) is 12.0. The van der Waals surface area contributed by atoms with E-state index in [2.05, 4.69) is 0 Å². The maximum Gasteiger partial charge on any atom is 0.339 e. The molecule has 0 spiro atoms. The third kappa shape index (κ3) is 2.48. The minimum Gasteiger partial charge on any atom is -0.479 e. The number of rotatable bonds is 2. The number of hydrogen-bond acceptors (Lipinski definition) is 5. The third-order valence-electron chi connectivity index (χ3n) is 12.0. The fraction of sp³-hybridized carbons (Fsp3) is 0.786. The van der Waals surface area contributed by atoms with Crippen LogP contribution in [0, 0.1) is 40.4 Å². The zero-order valence-electron chi connectivity index (χ0n) is 20.8. The number of hydrogen-bond donors (Lipinski definition) is 2. The van der Waals surface area contributed by atoms with E-state index in [0.29, 0.717) is 24.8 Å². The van der Waals surface area contributed by atoms with Gasteiger partial charge in [0.25, 0.3) is 0 Å². The van der Waals surface area contributed by atoms with Gasteiger partial charge in [-0.2, -0.15) is 5.06 Å². The number of ketones is 1. The van der Waals surface area contributed by atoms with Crippen molar-refractivity contribution < 1.29 is 33.4 Å². The predicted molar refractivity (Wildman–Crippen MR) is 125 cm³/mol. The van der Waals surface area contributed by atoms with Gasteiger partial charge in [-0.3, -0.25) is 9.63 Å². The SMILES string of the molecule is C[C@]12C=CC(=O)C=C1[C@@H](F)C[C@H]1[C@@H]3C[C@H]4CN(C5CC6CCC5C6)O[C@@]4(C(=O)O)[C@@]3(C)C[C@H](O)[C@@]12F. The van der Waals surface area contributed by atoms with Crippen molar-refractivity contribution in [2.24, 2.45) is 40.4 Å². The summed E-state index contributed by atoms with van der Waals surface area (Å²) in [4.78, 5) is 31.6. The number of nitrogens with zero attached hydrogens (tertiary/aromatic N) is 1. The summed E-state index contributed by atoms with van der Waals surface area (Å²) in [5.74, 6) is -1.94. The molecule has 0 aromatic rings. The fourth-order valence-electron chi connectivity index (χ4n) is 10.4. The molecule has 12 atom stereocenters. The molecule has 36 heavy (non-hydrogen) atoms. The number of alkyl halides is 2. The van der Waals surface area contributed by atoms with E-state index in [9.17, 15) is 19.8 Å². The van der Waals surface area contributed by atoms with Gasteiger partial charge >= 0.3 is 5.97 Å². The Hall–Kier alpha value is -1.64. The molecular weight excluding hydrogens is 468 g/mol. The Morgan fingerprint density at radius 2 is 1.94 bits per heavy atom. The summed E-state index contributed by atoms with van der Waals surface area (Å²) in [6, 6.07) is 0.211. The largest absolute Gasteiger partial charge is 0.479 e. The number of carbonyl (C=O) groups excluding carboxylic acids is 1. The van der Waals surface area contributed by atoms with Crippen molar-refractivity contribution in [3.63, 3.8) is 0 Å². The van der Waals surface area contributed by atoms with Crippen molar-refractivity contribution >= 4 is 11.8 Å². The molecule has 6 fully saturated rings. The number of aliphatic hydroxyl groups excluding tert-OH is 1. The second-order valence-corrected chi connectivity index (χ2v) is 13.3. The van der Waals surface area contributed by atoms with Gasteiger partial charge in [-0.05, 0) is 80.9 Å². The van der Waals surface area contributed by atoms with Crippen molar-refractivity contribution in [3.8, 4) is 0 Å². The zero-order chi connectivity index (χ0) is 25.4. The van der Waals surface area contributed by atoms with E-state index in [1.807, 2.05) is 12.0 Å². The molecule has 1 aliphatic heterocycles. The van der Waals surface area contributed by atoms with Gasteiger partial charge < -0.3 is 10.2 Å². The summed E-state index contributed by atoms with van der Waals surface area (Å²) in [6.45, 7) is 3.87. The molecular formula is C28H35F2NO5. The number of aliphatic carboxylic acids is 1. The zero-order valence-corrected chi connectivity index (χ0v) is 20.8. The van der Waals surface area contributed by atoms with E-state index in [-0.39, 0.29) is 36.2 Å². The summed E-state index contributed by atoms with van der Waals surface area (Å²) in [6.07, 6.45) is 5.56. The lowest BCUT2D eigenvalue weighted by atomic mass is 9.44. The molecule has 2 bridgehead atoms. The van der Waals surface area contributed by atoms with E-state index < -0.39 is 52.2 Å². The van der Waals surface area contributed by atoms with Crippen molar-refractivity contribution in [2.45, 2.75) is 88.4 Å². The summed E-state index contributed by atoms with van der Waals surface area (Å²) in [5.41, 5.74) is -6.20. The van der Waals surface area contributed by atoms with Gasteiger partial charge in [0, 0.05) is 35.3 Å². The number of carboxylic acids is 1. The fourth-order valence-corrected chi connectivity index (χ4v) is 10.4. The van der Waals surface area contributed by atoms with Gasteiger partial charge in [-0.1, -0.05) is 19.4 Å². The molecule has 2 N–H and O–H groups in total. The minimum absolute atomic E-state index is 0.0837. The second-order valence-electron chi connectivity index (χ2n) is 13.3. The van der Waals surface area contributed by atoms with Crippen LogP contribution in [-0.4, -0.2) is 63.2 Å². The van der Waals surface area contributed by atoms with Gasteiger partial charge in [0.15, 0.2) is 17.1 Å². The molecule has 5 saturated carbocycles. The number of halogens is 2. The van der Waals surface area contributed by atoms with E-state index in [4.69, 9.17) is 4.84 Å². The number of carbonyl (C=O) groups is 2. The van der Waals surface area contributed by atoms with Crippen LogP contribution in [-0.2, 0) is 14.4 Å². The molecule has 6 nitrogen and oxygen atoms in total. The standard InChI is InChI=1S/C28H35F2NO5/c1-25-6-5-17(32)10-20(25)21(29)11-19-18-9-16-13-31(22-8-14-3-4-15(22)7-14)36-28(16,24(34)35)26(18,2)12-23(33)27(19,25)30/h5-6,10,14-16,18-19,21-23,33H,3-4,7-9,11-13H2,1-2H3,(H,34,35)/t14?,15?,16-,18-,19-,21-,22?,23-,25-,26-,27-,28-/m0/s1. The average Bonchev–Trinajstić information content (AvgIpc) is 3.58. The summed E-state index contributed by atoms with van der Waals surface area (Å²) < 4.78 is 33.0. The quantitative estimate of drug-likeness (QED) is 0.596. The van der Waals surface area contributed by atoms with Crippen LogP contribution < -0.4 is 0 Å². The lowest BCUT2D eigenvalue weighted by molar-refractivity contribution is -0.284. The molecule has 196 valence electrons. The summed E-state index contributed by atoms with van der Waals surface area (Å²) in [5, 5.41) is 24.1. The summed E-state index contributed by atoms with van der Waals surface area (Å²) in [7, 11) is 0. The predicted octanol–water partition coefficient (Wildman–Crippen LogP) is 3.79. The van der Waals surface area contributed by atoms with Crippen LogP contribution in [0.15, 0.2) is 23.8 Å². The van der Waals surface area contributed by atoms with Crippen LogP contribution in [0.1, 0.15) is 58.8 Å². The normalized spacial score (nSPS) is 57.2. The maximum absolute atomic E-state index is 17.3. The highest BCUT2D eigenvalue weighted by molar-refractivity contribution is 6.01. The van der Waals surface area contributed by atoms with Crippen LogP contribution in [0.2, 0.25) is 0 Å². The Balaban J connectivity index is 1.28. The van der Waals surface area contributed by atoms with E-state index in [0.717, 1.165) is 12.8 Å². The number of fused-ring (bicyclic) bond motifs is 9. The number of hydroxylamine groups is 2. The van der Waals surface area contributed by atoms with Gasteiger partial charge in [0.2, 0.25) is 0 Å². The highest BCUT2D eigenvalue weighted by Gasteiger charge is 2.80. The van der Waals surface area contributed by atoms with Crippen LogP contribution in [0.5, 0.6) is 0 Å². The topological polar surface area (TPSA) is 87.1 Å². The highest BCUT2D eigenvalue weighted by atomic mass is 19.1. The number of allylic oxidation sites excluding steroid dienone is 4. The van der Waals surface area contributed by atoms with E-state index in [1.54, 1.807) is 6.92 Å². The Labute approximate surface area is 209 Å². The first kappa shape index (κ1) is 23.5.